The summed E-state index contributed by atoms with van der Waals surface area (Å²) in [4.78, 5) is 12.0. The van der Waals surface area contributed by atoms with Crippen molar-refractivity contribution in [1.29, 1.82) is 0 Å². The lowest BCUT2D eigenvalue weighted by atomic mass is 10.1. The van der Waals surface area contributed by atoms with Crippen LogP contribution in [-0.4, -0.2) is 34.5 Å². The molecule has 4 N–H and O–H groups in total. The van der Waals surface area contributed by atoms with Gasteiger partial charge in [0.2, 0.25) is 0 Å². The summed E-state index contributed by atoms with van der Waals surface area (Å²) in [6.07, 6.45) is 0.951. The fourth-order valence-corrected chi connectivity index (χ4v) is 2.44. The zero-order valence-electron chi connectivity index (χ0n) is 11.8. The Morgan fingerprint density at radius 2 is 2.00 bits per heavy atom. The van der Waals surface area contributed by atoms with Crippen LogP contribution in [0.1, 0.15) is 36.2 Å². The molecule has 20 heavy (non-hydrogen) atoms. The molecule has 1 amide bonds. The maximum absolute atomic E-state index is 12.0. The number of carbonyl (C=O) groups excluding carboxylic acids is 1. The van der Waals surface area contributed by atoms with Gasteiger partial charge < -0.3 is 16.3 Å². The summed E-state index contributed by atoms with van der Waals surface area (Å²) < 4.78 is 0. The van der Waals surface area contributed by atoms with E-state index < -0.39 is 0 Å². The lowest BCUT2D eigenvalue weighted by Gasteiger charge is -2.13. The minimum absolute atomic E-state index is 0.0296. The molecular weight excluding hydrogens is 274 g/mol. The number of amidine groups is 1. The SMILES string of the molecule is CCSCCC(C)NC(=O)c1ccc(/C(N)=N/O)cc1. The Hall–Kier alpha value is -1.69. The van der Waals surface area contributed by atoms with E-state index in [-0.39, 0.29) is 17.8 Å². The van der Waals surface area contributed by atoms with E-state index in [0.29, 0.717) is 11.1 Å². The molecule has 0 bridgehead atoms. The first-order valence-electron chi connectivity index (χ1n) is 6.55. The number of benzene rings is 1. The molecule has 0 radical (unpaired) electrons. The third kappa shape index (κ3) is 5.13. The third-order valence-corrected chi connectivity index (χ3v) is 3.76. The molecule has 0 heterocycles. The fraction of sp³-hybridized carbons (Fsp3) is 0.429. The number of hydrogen-bond acceptors (Lipinski definition) is 4. The molecule has 0 aromatic heterocycles. The summed E-state index contributed by atoms with van der Waals surface area (Å²) in [7, 11) is 0. The third-order valence-electron chi connectivity index (χ3n) is 2.83. The number of amides is 1. The molecule has 0 fully saturated rings. The van der Waals surface area contributed by atoms with Gasteiger partial charge in [0.05, 0.1) is 0 Å². The minimum atomic E-state index is -0.106. The number of nitrogens with one attached hydrogen (secondary N) is 1. The van der Waals surface area contributed by atoms with Gasteiger partial charge in [0, 0.05) is 17.2 Å². The highest BCUT2D eigenvalue weighted by molar-refractivity contribution is 7.99. The van der Waals surface area contributed by atoms with Crippen molar-refractivity contribution < 1.29 is 10.0 Å². The van der Waals surface area contributed by atoms with E-state index in [1.807, 2.05) is 18.7 Å². The highest BCUT2D eigenvalue weighted by Crippen LogP contribution is 2.07. The van der Waals surface area contributed by atoms with Crippen molar-refractivity contribution in [2.24, 2.45) is 10.9 Å². The number of oxime groups is 1. The Labute approximate surface area is 123 Å². The number of nitrogens with zero attached hydrogens (tertiary/aromatic N) is 1. The number of carbonyl (C=O) groups is 1. The molecule has 0 aliphatic carbocycles. The van der Waals surface area contributed by atoms with Gasteiger partial charge in [0.1, 0.15) is 0 Å². The minimum Gasteiger partial charge on any atom is -0.409 e. The molecule has 1 atom stereocenters. The maximum Gasteiger partial charge on any atom is 0.251 e. The van der Waals surface area contributed by atoms with Crippen molar-refractivity contribution in [3.8, 4) is 0 Å². The molecule has 5 nitrogen and oxygen atoms in total. The zero-order valence-corrected chi connectivity index (χ0v) is 12.6. The molecule has 1 rings (SSSR count). The van der Waals surface area contributed by atoms with Crippen molar-refractivity contribution >= 4 is 23.5 Å². The smallest absolute Gasteiger partial charge is 0.251 e. The van der Waals surface area contributed by atoms with Gasteiger partial charge in [-0.2, -0.15) is 11.8 Å². The second kappa shape index (κ2) is 8.47. The monoisotopic (exact) mass is 295 g/mol. The summed E-state index contributed by atoms with van der Waals surface area (Å²) in [5.41, 5.74) is 6.61. The van der Waals surface area contributed by atoms with E-state index in [9.17, 15) is 4.79 Å². The number of thioether (sulfide) groups is 1. The second-order valence-corrected chi connectivity index (χ2v) is 5.82. The van der Waals surface area contributed by atoms with Crippen molar-refractivity contribution in [3.05, 3.63) is 35.4 Å². The summed E-state index contributed by atoms with van der Waals surface area (Å²) in [6.45, 7) is 4.12. The van der Waals surface area contributed by atoms with Crippen LogP contribution in [0.5, 0.6) is 0 Å². The van der Waals surface area contributed by atoms with Crippen molar-refractivity contribution in [2.45, 2.75) is 26.3 Å². The lowest BCUT2D eigenvalue weighted by molar-refractivity contribution is 0.0939. The van der Waals surface area contributed by atoms with Crippen molar-refractivity contribution in [3.63, 3.8) is 0 Å². The molecule has 0 saturated carbocycles. The molecule has 0 aliphatic heterocycles. The van der Waals surface area contributed by atoms with Crippen LogP contribution in [0.15, 0.2) is 29.4 Å². The van der Waals surface area contributed by atoms with Gasteiger partial charge in [-0.1, -0.05) is 24.2 Å². The molecule has 1 aromatic carbocycles. The van der Waals surface area contributed by atoms with Gasteiger partial charge in [-0.3, -0.25) is 4.79 Å². The summed E-state index contributed by atoms with van der Waals surface area (Å²) in [6, 6.07) is 6.78. The van der Waals surface area contributed by atoms with Crippen LogP contribution >= 0.6 is 11.8 Å². The molecular formula is C14H21N3O2S. The average molecular weight is 295 g/mol. The zero-order chi connectivity index (χ0) is 15.0. The van der Waals surface area contributed by atoms with Gasteiger partial charge >= 0.3 is 0 Å². The normalized spacial score (nSPS) is 13.0. The molecule has 6 heteroatoms. The van der Waals surface area contributed by atoms with E-state index in [1.165, 1.54) is 0 Å². The highest BCUT2D eigenvalue weighted by atomic mass is 32.2. The first-order chi connectivity index (χ1) is 9.58. The fourth-order valence-electron chi connectivity index (χ4n) is 1.63. The first-order valence-corrected chi connectivity index (χ1v) is 7.70. The van der Waals surface area contributed by atoms with Crippen molar-refractivity contribution in [2.75, 3.05) is 11.5 Å². The maximum atomic E-state index is 12.0. The lowest BCUT2D eigenvalue weighted by Crippen LogP contribution is -2.33. The Kier molecular flexibility index (Phi) is 6.93. The quantitative estimate of drug-likeness (QED) is 0.236. The second-order valence-electron chi connectivity index (χ2n) is 4.42. The van der Waals surface area contributed by atoms with E-state index >= 15 is 0 Å². The standard InChI is InChI=1S/C14H21N3O2S/c1-3-20-9-8-10(2)16-14(18)12-6-4-11(5-7-12)13(15)17-19/h4-7,10,19H,3,8-9H2,1-2H3,(H2,15,17)(H,16,18). The Bertz CT molecular complexity index is 460. The molecule has 1 unspecified atom stereocenters. The van der Waals surface area contributed by atoms with Gasteiger partial charge in [-0.15, -0.1) is 0 Å². The highest BCUT2D eigenvalue weighted by Gasteiger charge is 2.10. The van der Waals surface area contributed by atoms with Crippen LogP contribution in [-0.2, 0) is 0 Å². The van der Waals surface area contributed by atoms with Crippen LogP contribution < -0.4 is 11.1 Å². The van der Waals surface area contributed by atoms with Gasteiger partial charge in [0.25, 0.3) is 5.91 Å². The number of rotatable bonds is 7. The topological polar surface area (TPSA) is 87.7 Å². The van der Waals surface area contributed by atoms with Crippen LogP contribution in [0.4, 0.5) is 0 Å². The van der Waals surface area contributed by atoms with Gasteiger partial charge in [-0.05, 0) is 37.0 Å². The predicted octanol–water partition coefficient (Wildman–Crippen LogP) is 2.04. The predicted molar refractivity (Wildman–Crippen MR) is 83.5 cm³/mol. The molecule has 0 spiro atoms. The van der Waals surface area contributed by atoms with Crippen LogP contribution in [0.2, 0.25) is 0 Å². The van der Waals surface area contributed by atoms with Crippen molar-refractivity contribution in [1.82, 2.24) is 5.32 Å². The van der Waals surface area contributed by atoms with Crippen LogP contribution in [0, 0.1) is 0 Å². The molecule has 110 valence electrons. The Balaban J connectivity index is 2.55. The molecule has 0 saturated heterocycles. The van der Waals surface area contributed by atoms with Crippen LogP contribution in [0.3, 0.4) is 0 Å². The average Bonchev–Trinajstić information content (AvgIpc) is 2.46. The summed E-state index contributed by atoms with van der Waals surface area (Å²) in [5, 5.41) is 14.4. The Morgan fingerprint density at radius 1 is 1.40 bits per heavy atom. The summed E-state index contributed by atoms with van der Waals surface area (Å²) in [5.74, 6) is 2.06. The summed E-state index contributed by atoms with van der Waals surface area (Å²) >= 11 is 1.86. The van der Waals surface area contributed by atoms with E-state index in [1.54, 1.807) is 24.3 Å². The number of hydrogen-bond donors (Lipinski definition) is 3. The Morgan fingerprint density at radius 3 is 2.55 bits per heavy atom. The van der Waals surface area contributed by atoms with Gasteiger partial charge in [0.15, 0.2) is 5.84 Å². The van der Waals surface area contributed by atoms with Gasteiger partial charge in [-0.25, -0.2) is 0 Å². The largest absolute Gasteiger partial charge is 0.409 e. The number of nitrogens with two attached hydrogens (primary N) is 1. The van der Waals surface area contributed by atoms with E-state index in [2.05, 4.69) is 17.4 Å². The molecule has 1 aromatic rings. The van der Waals surface area contributed by atoms with Crippen LogP contribution in [0.25, 0.3) is 0 Å². The first kappa shape index (κ1) is 16.4. The van der Waals surface area contributed by atoms with E-state index in [4.69, 9.17) is 10.9 Å². The molecule has 0 aliphatic rings. The van der Waals surface area contributed by atoms with E-state index in [0.717, 1.165) is 17.9 Å².